The van der Waals surface area contributed by atoms with Crippen molar-refractivity contribution in [1.29, 1.82) is 0 Å². The van der Waals surface area contributed by atoms with Crippen molar-refractivity contribution in [2.45, 2.75) is 26.2 Å². The predicted molar refractivity (Wildman–Crippen MR) is 68.5 cm³/mol. The minimum absolute atomic E-state index is 0.454. The van der Waals surface area contributed by atoms with Crippen molar-refractivity contribution < 1.29 is 0 Å². The van der Waals surface area contributed by atoms with Gasteiger partial charge in [0.05, 0.1) is 12.2 Å². The molecule has 18 heavy (non-hydrogen) atoms. The van der Waals surface area contributed by atoms with E-state index in [9.17, 15) is 0 Å². The molecule has 0 atom stereocenters. The number of benzene rings is 1. The van der Waals surface area contributed by atoms with E-state index >= 15 is 0 Å². The average Bonchev–Trinajstić information content (AvgIpc) is 3.02. The highest BCUT2D eigenvalue weighted by molar-refractivity contribution is 5.30. The summed E-state index contributed by atoms with van der Waals surface area (Å²) in [5, 5.41) is 8.05. The number of nitrogens with two attached hydrogens (primary N) is 1. The predicted octanol–water partition coefficient (Wildman–Crippen LogP) is 0.753. The van der Waals surface area contributed by atoms with Crippen LogP contribution in [-0.4, -0.2) is 26.4 Å². The molecule has 0 saturated carbocycles. The van der Waals surface area contributed by atoms with Crippen LogP contribution in [0.25, 0.3) is 0 Å². The first kappa shape index (κ1) is 11.4. The lowest BCUT2D eigenvalue weighted by atomic mass is 10.1. The summed E-state index contributed by atoms with van der Waals surface area (Å²) in [6, 6.07) is 8.62. The highest BCUT2D eigenvalue weighted by Crippen LogP contribution is 2.21. The van der Waals surface area contributed by atoms with Crippen LogP contribution in [0.5, 0.6) is 0 Å². The van der Waals surface area contributed by atoms with Gasteiger partial charge in [0.15, 0.2) is 0 Å². The van der Waals surface area contributed by atoms with Gasteiger partial charge in [0.2, 0.25) is 0 Å². The summed E-state index contributed by atoms with van der Waals surface area (Å²) in [5.41, 5.74) is 9.25. The first-order valence-corrected chi connectivity index (χ1v) is 6.23. The normalized spacial score (nSPS) is 14.9. The zero-order valence-electron chi connectivity index (χ0n) is 10.3. The van der Waals surface area contributed by atoms with Gasteiger partial charge in [0, 0.05) is 32.4 Å². The quantitative estimate of drug-likeness (QED) is 0.861. The number of fused-ring (bicyclic) bond motifs is 1. The summed E-state index contributed by atoms with van der Waals surface area (Å²) < 4.78 is 1.87. The van der Waals surface area contributed by atoms with Gasteiger partial charge in [-0.25, -0.2) is 0 Å². The molecule has 5 heteroatoms. The summed E-state index contributed by atoms with van der Waals surface area (Å²) in [7, 11) is 0. The molecule has 1 aromatic carbocycles. The van der Waals surface area contributed by atoms with Crippen LogP contribution in [0.15, 0.2) is 30.5 Å². The second-order valence-electron chi connectivity index (χ2n) is 4.66. The molecule has 1 aromatic heterocycles. The molecular formula is C13H17N5. The van der Waals surface area contributed by atoms with Crippen molar-refractivity contribution in [1.82, 2.24) is 19.9 Å². The van der Waals surface area contributed by atoms with E-state index < -0.39 is 0 Å². The molecule has 3 rings (SSSR count). The zero-order chi connectivity index (χ0) is 12.4. The lowest BCUT2D eigenvalue weighted by molar-refractivity contribution is 0.266. The fraction of sp³-hybridized carbons (Fsp3) is 0.385. The van der Waals surface area contributed by atoms with Crippen molar-refractivity contribution in [3.05, 3.63) is 47.3 Å². The monoisotopic (exact) mass is 243 g/mol. The molecule has 2 aromatic rings. The van der Waals surface area contributed by atoms with Crippen LogP contribution in [0.4, 0.5) is 0 Å². The largest absolute Gasteiger partial charge is 0.325 e. The van der Waals surface area contributed by atoms with Crippen molar-refractivity contribution >= 4 is 0 Å². The van der Waals surface area contributed by atoms with Gasteiger partial charge < -0.3 is 5.73 Å². The third-order valence-corrected chi connectivity index (χ3v) is 3.35. The molecule has 1 aliphatic rings. The number of hydrogen-bond acceptors (Lipinski definition) is 4. The van der Waals surface area contributed by atoms with Crippen molar-refractivity contribution in [3.8, 4) is 0 Å². The van der Waals surface area contributed by atoms with Crippen LogP contribution < -0.4 is 5.73 Å². The Hall–Kier alpha value is -1.72. The van der Waals surface area contributed by atoms with E-state index in [1.54, 1.807) is 0 Å². The molecule has 1 aliphatic heterocycles. The van der Waals surface area contributed by atoms with Crippen molar-refractivity contribution in [3.63, 3.8) is 0 Å². The van der Waals surface area contributed by atoms with E-state index in [1.807, 2.05) is 10.9 Å². The Balaban J connectivity index is 1.57. The lowest BCUT2D eigenvalue weighted by Gasteiger charge is -2.13. The van der Waals surface area contributed by atoms with Gasteiger partial charge in [0.25, 0.3) is 0 Å². The van der Waals surface area contributed by atoms with E-state index in [0.29, 0.717) is 6.54 Å². The highest BCUT2D eigenvalue weighted by atomic mass is 15.4. The molecule has 5 nitrogen and oxygen atoms in total. The Labute approximate surface area is 106 Å². The molecule has 0 radical (unpaired) electrons. The van der Waals surface area contributed by atoms with Gasteiger partial charge in [-0.3, -0.25) is 9.58 Å². The standard InChI is InChI=1S/C13H17N5/c14-7-13-10-18(16-15-13)6-5-17-8-11-3-1-2-4-12(11)9-17/h1-4,10H,5-9,14H2. The third kappa shape index (κ3) is 2.27. The number of rotatable bonds is 4. The Morgan fingerprint density at radius 3 is 2.44 bits per heavy atom. The van der Waals surface area contributed by atoms with Gasteiger partial charge in [-0.15, -0.1) is 5.10 Å². The SMILES string of the molecule is NCc1cn(CCN2Cc3ccccc3C2)nn1. The van der Waals surface area contributed by atoms with Crippen LogP contribution in [0.1, 0.15) is 16.8 Å². The van der Waals surface area contributed by atoms with E-state index in [4.69, 9.17) is 5.73 Å². The van der Waals surface area contributed by atoms with E-state index in [2.05, 4.69) is 39.5 Å². The highest BCUT2D eigenvalue weighted by Gasteiger charge is 2.17. The number of nitrogens with zero attached hydrogens (tertiary/aromatic N) is 4. The molecule has 94 valence electrons. The minimum atomic E-state index is 0.454. The van der Waals surface area contributed by atoms with Gasteiger partial charge in [-0.05, 0) is 11.1 Å². The fourth-order valence-electron chi connectivity index (χ4n) is 2.35. The molecule has 0 spiro atoms. The smallest absolute Gasteiger partial charge is 0.0962 e. The molecule has 0 bridgehead atoms. The molecule has 2 heterocycles. The molecule has 0 aliphatic carbocycles. The van der Waals surface area contributed by atoms with E-state index in [0.717, 1.165) is 31.9 Å². The first-order valence-electron chi connectivity index (χ1n) is 6.23. The average molecular weight is 243 g/mol. The summed E-state index contributed by atoms with van der Waals surface area (Å²) in [6.45, 7) is 4.38. The van der Waals surface area contributed by atoms with Crippen LogP contribution in [0.3, 0.4) is 0 Å². The molecular weight excluding hydrogens is 226 g/mol. The summed E-state index contributed by atoms with van der Waals surface area (Å²) in [5.74, 6) is 0. The maximum Gasteiger partial charge on any atom is 0.0962 e. The molecule has 0 amide bonds. The minimum Gasteiger partial charge on any atom is -0.325 e. The molecule has 0 saturated heterocycles. The molecule has 2 N–H and O–H groups in total. The Morgan fingerprint density at radius 1 is 1.11 bits per heavy atom. The Bertz CT molecular complexity index is 509. The maximum atomic E-state index is 5.51. The number of hydrogen-bond donors (Lipinski definition) is 1. The summed E-state index contributed by atoms with van der Waals surface area (Å²) in [6.07, 6.45) is 1.92. The van der Waals surface area contributed by atoms with E-state index in [1.165, 1.54) is 11.1 Å². The van der Waals surface area contributed by atoms with E-state index in [-0.39, 0.29) is 0 Å². The zero-order valence-corrected chi connectivity index (χ0v) is 10.3. The van der Waals surface area contributed by atoms with Gasteiger partial charge in [-0.2, -0.15) is 0 Å². The molecule has 0 fully saturated rings. The Kier molecular flexibility index (Phi) is 3.08. The van der Waals surface area contributed by atoms with Gasteiger partial charge in [0.1, 0.15) is 0 Å². The van der Waals surface area contributed by atoms with Crippen LogP contribution in [-0.2, 0) is 26.2 Å². The first-order chi connectivity index (χ1) is 8.85. The van der Waals surface area contributed by atoms with Crippen LogP contribution in [0.2, 0.25) is 0 Å². The Morgan fingerprint density at radius 2 is 1.83 bits per heavy atom. The van der Waals surface area contributed by atoms with Crippen molar-refractivity contribution in [2.24, 2.45) is 5.73 Å². The summed E-state index contributed by atoms with van der Waals surface area (Å²) in [4.78, 5) is 2.43. The lowest BCUT2D eigenvalue weighted by Crippen LogP contribution is -2.22. The van der Waals surface area contributed by atoms with Crippen LogP contribution in [0, 0.1) is 0 Å². The van der Waals surface area contributed by atoms with Crippen LogP contribution >= 0.6 is 0 Å². The number of aromatic nitrogens is 3. The molecule has 0 unspecified atom stereocenters. The van der Waals surface area contributed by atoms with Gasteiger partial charge >= 0.3 is 0 Å². The summed E-state index contributed by atoms with van der Waals surface area (Å²) >= 11 is 0. The maximum absolute atomic E-state index is 5.51. The van der Waals surface area contributed by atoms with Crippen molar-refractivity contribution in [2.75, 3.05) is 6.54 Å². The topological polar surface area (TPSA) is 60.0 Å². The second kappa shape index (κ2) is 4.88. The third-order valence-electron chi connectivity index (χ3n) is 3.35. The van der Waals surface area contributed by atoms with Gasteiger partial charge in [-0.1, -0.05) is 29.5 Å². The second-order valence-corrected chi connectivity index (χ2v) is 4.66. The fourth-order valence-corrected chi connectivity index (χ4v) is 2.35.